The molecule has 1 aromatic heterocycles. The molecule has 1 aliphatic heterocycles. The van der Waals surface area contributed by atoms with Crippen LogP contribution in [0.1, 0.15) is 12.0 Å². The average molecular weight is 224 g/mol. The van der Waals surface area contributed by atoms with Crippen LogP contribution >= 0.6 is 0 Å². The number of anilines is 1. The molecule has 1 saturated heterocycles. The minimum Gasteiger partial charge on any atom is -0.374 e. The molecule has 3 nitrogen and oxygen atoms in total. The Morgan fingerprint density at radius 3 is 3.25 bits per heavy atom. The molecule has 0 spiro atoms. The zero-order valence-electron chi connectivity index (χ0n) is 9.53. The van der Waals surface area contributed by atoms with Crippen LogP contribution in [0, 0.1) is 6.92 Å². The van der Waals surface area contributed by atoms with Gasteiger partial charge in [0, 0.05) is 37.8 Å². The Bertz CT molecular complexity index is 346. The van der Waals surface area contributed by atoms with Gasteiger partial charge in [0.25, 0.3) is 0 Å². The third kappa shape index (κ3) is 2.50. The number of pyridine rings is 1. The summed E-state index contributed by atoms with van der Waals surface area (Å²) in [6.07, 6.45) is 4.26. The molecule has 16 heavy (non-hydrogen) atoms. The van der Waals surface area contributed by atoms with E-state index in [1.54, 1.807) is 6.20 Å². The third-order valence-electron chi connectivity index (χ3n) is 2.85. The highest BCUT2D eigenvalue weighted by Gasteiger charge is 2.19. The first-order chi connectivity index (χ1) is 7.81. The van der Waals surface area contributed by atoms with Gasteiger partial charge in [-0.05, 0) is 25.0 Å². The molecule has 1 atom stereocenters. The average Bonchev–Trinajstić information content (AvgIpc) is 2.55. The van der Waals surface area contributed by atoms with Gasteiger partial charge in [0.15, 0.2) is 0 Å². The van der Waals surface area contributed by atoms with E-state index in [2.05, 4.69) is 9.88 Å². The lowest BCUT2D eigenvalue weighted by Gasteiger charge is -2.26. The monoisotopic (exact) mass is 224 g/mol. The maximum Gasteiger partial charge on any atom is 0.117 e. The number of aryl methyl sites for hydroxylation is 1. The molecule has 0 amide bonds. The molecule has 0 N–H and O–H groups in total. The van der Waals surface area contributed by atoms with Crippen LogP contribution in [0.5, 0.6) is 0 Å². The first kappa shape index (κ1) is 11.3. The van der Waals surface area contributed by atoms with E-state index < -0.39 is 6.67 Å². The van der Waals surface area contributed by atoms with Gasteiger partial charge in [-0.3, -0.25) is 4.98 Å². The van der Waals surface area contributed by atoms with Crippen molar-refractivity contribution in [3.8, 4) is 0 Å². The number of ether oxygens (including phenoxy) is 1. The van der Waals surface area contributed by atoms with Crippen molar-refractivity contribution in [2.24, 2.45) is 0 Å². The minimum atomic E-state index is -0.416. The molecular formula is C12H17FN2O. The maximum atomic E-state index is 12.7. The highest BCUT2D eigenvalue weighted by Crippen LogP contribution is 2.21. The summed E-state index contributed by atoms with van der Waals surface area (Å²) in [6, 6.07) is 1.98. The zero-order valence-corrected chi connectivity index (χ0v) is 9.53. The predicted molar refractivity (Wildman–Crippen MR) is 61.5 cm³/mol. The molecule has 1 aromatic rings. The number of nitrogens with zero attached hydrogens (tertiary/aromatic N) is 2. The van der Waals surface area contributed by atoms with E-state index in [1.807, 2.05) is 19.2 Å². The van der Waals surface area contributed by atoms with Gasteiger partial charge >= 0.3 is 0 Å². The Kier molecular flexibility index (Phi) is 3.72. The number of alkyl halides is 1. The molecule has 0 aliphatic carbocycles. The van der Waals surface area contributed by atoms with Crippen molar-refractivity contribution in [1.29, 1.82) is 0 Å². The van der Waals surface area contributed by atoms with E-state index in [9.17, 15) is 4.39 Å². The van der Waals surface area contributed by atoms with Gasteiger partial charge in [0.1, 0.15) is 12.8 Å². The van der Waals surface area contributed by atoms with Crippen molar-refractivity contribution in [3.05, 3.63) is 24.0 Å². The van der Waals surface area contributed by atoms with E-state index in [4.69, 9.17) is 4.74 Å². The standard InChI is InChI=1S/C12H17FN2O/c1-10-8-14-4-3-12(10)15-5-2-6-16-11(7-13)9-15/h3-4,8,11H,2,5-7,9H2,1H3. The smallest absolute Gasteiger partial charge is 0.117 e. The Balaban J connectivity index is 2.16. The largest absolute Gasteiger partial charge is 0.374 e. The number of aromatic nitrogens is 1. The normalized spacial score (nSPS) is 21.9. The van der Waals surface area contributed by atoms with Crippen molar-refractivity contribution < 1.29 is 9.13 Å². The van der Waals surface area contributed by atoms with Crippen LogP contribution in [-0.2, 0) is 4.74 Å². The number of halogens is 1. The quantitative estimate of drug-likeness (QED) is 0.767. The van der Waals surface area contributed by atoms with E-state index in [1.165, 1.54) is 0 Å². The summed E-state index contributed by atoms with van der Waals surface area (Å²) in [5.41, 5.74) is 2.26. The van der Waals surface area contributed by atoms with Crippen LogP contribution in [-0.4, -0.2) is 37.5 Å². The van der Waals surface area contributed by atoms with Gasteiger partial charge in [-0.15, -0.1) is 0 Å². The van der Waals surface area contributed by atoms with Crippen molar-refractivity contribution >= 4 is 5.69 Å². The van der Waals surface area contributed by atoms with Crippen molar-refractivity contribution in [2.75, 3.05) is 31.3 Å². The highest BCUT2D eigenvalue weighted by atomic mass is 19.1. The molecule has 2 rings (SSSR count). The summed E-state index contributed by atoms with van der Waals surface area (Å²) in [5.74, 6) is 0. The fourth-order valence-electron chi connectivity index (χ4n) is 2.03. The van der Waals surface area contributed by atoms with E-state index in [0.717, 1.165) is 24.2 Å². The predicted octanol–water partition coefficient (Wildman–Crippen LogP) is 1.95. The van der Waals surface area contributed by atoms with E-state index in [0.29, 0.717) is 13.2 Å². The van der Waals surface area contributed by atoms with Crippen LogP contribution in [0.2, 0.25) is 0 Å². The van der Waals surface area contributed by atoms with Crippen LogP contribution in [0.15, 0.2) is 18.5 Å². The Labute approximate surface area is 95.2 Å². The SMILES string of the molecule is Cc1cnccc1N1CCCOC(CF)C1. The van der Waals surface area contributed by atoms with Crippen molar-refractivity contribution in [2.45, 2.75) is 19.4 Å². The molecule has 0 radical (unpaired) electrons. The van der Waals surface area contributed by atoms with E-state index in [-0.39, 0.29) is 6.10 Å². The van der Waals surface area contributed by atoms with Crippen LogP contribution < -0.4 is 4.90 Å². The lowest BCUT2D eigenvalue weighted by molar-refractivity contribution is 0.0508. The van der Waals surface area contributed by atoms with Gasteiger partial charge in [0.05, 0.1) is 0 Å². The third-order valence-corrected chi connectivity index (χ3v) is 2.85. The second kappa shape index (κ2) is 5.25. The molecule has 1 unspecified atom stereocenters. The minimum absolute atomic E-state index is 0.296. The van der Waals surface area contributed by atoms with Crippen molar-refractivity contribution in [1.82, 2.24) is 4.98 Å². The Hall–Kier alpha value is -1.16. The van der Waals surface area contributed by atoms with Crippen molar-refractivity contribution in [3.63, 3.8) is 0 Å². The molecule has 2 heterocycles. The first-order valence-corrected chi connectivity index (χ1v) is 5.64. The summed E-state index contributed by atoms with van der Waals surface area (Å²) < 4.78 is 18.1. The maximum absolute atomic E-state index is 12.7. The fraction of sp³-hybridized carbons (Fsp3) is 0.583. The van der Waals surface area contributed by atoms with Gasteiger partial charge < -0.3 is 9.64 Å². The summed E-state index contributed by atoms with van der Waals surface area (Å²) in [4.78, 5) is 6.26. The Morgan fingerprint density at radius 2 is 2.50 bits per heavy atom. The lowest BCUT2D eigenvalue weighted by atomic mass is 10.2. The summed E-state index contributed by atoms with van der Waals surface area (Å²) in [7, 11) is 0. The van der Waals surface area contributed by atoms with Gasteiger partial charge in [-0.2, -0.15) is 0 Å². The van der Waals surface area contributed by atoms with Crippen LogP contribution in [0.4, 0.5) is 10.1 Å². The second-order valence-electron chi connectivity index (χ2n) is 4.11. The lowest BCUT2D eigenvalue weighted by Crippen LogP contribution is -2.33. The zero-order chi connectivity index (χ0) is 11.4. The molecule has 0 saturated carbocycles. The topological polar surface area (TPSA) is 25.4 Å². The van der Waals surface area contributed by atoms with Crippen LogP contribution in [0.25, 0.3) is 0 Å². The number of hydrogen-bond acceptors (Lipinski definition) is 3. The van der Waals surface area contributed by atoms with Gasteiger partial charge in [0.2, 0.25) is 0 Å². The van der Waals surface area contributed by atoms with Gasteiger partial charge in [-0.25, -0.2) is 4.39 Å². The molecule has 0 aromatic carbocycles. The summed E-state index contributed by atoms with van der Waals surface area (Å²) in [6.45, 7) is 3.80. The number of rotatable bonds is 2. The molecule has 1 fully saturated rings. The van der Waals surface area contributed by atoms with Crippen LogP contribution in [0.3, 0.4) is 0 Å². The fourth-order valence-corrected chi connectivity index (χ4v) is 2.03. The molecule has 0 bridgehead atoms. The number of hydrogen-bond donors (Lipinski definition) is 0. The summed E-state index contributed by atoms with van der Waals surface area (Å²) >= 11 is 0. The van der Waals surface area contributed by atoms with E-state index >= 15 is 0 Å². The molecule has 4 heteroatoms. The molecule has 88 valence electrons. The Morgan fingerprint density at radius 1 is 1.62 bits per heavy atom. The van der Waals surface area contributed by atoms with Gasteiger partial charge in [-0.1, -0.05) is 0 Å². The molecule has 1 aliphatic rings. The second-order valence-corrected chi connectivity index (χ2v) is 4.11. The molecular weight excluding hydrogens is 207 g/mol. The first-order valence-electron chi connectivity index (χ1n) is 5.64. The highest BCUT2D eigenvalue weighted by molar-refractivity contribution is 5.51. The summed E-state index contributed by atoms with van der Waals surface area (Å²) in [5, 5.41) is 0.